The van der Waals surface area contributed by atoms with Gasteiger partial charge in [-0.2, -0.15) is 0 Å². The monoisotopic (exact) mass is 217 g/mol. The van der Waals surface area contributed by atoms with Crippen molar-refractivity contribution in [2.75, 3.05) is 19.7 Å². The number of aliphatic hydroxyl groups excluding tert-OH is 1. The van der Waals surface area contributed by atoms with Crippen LogP contribution in [0.5, 0.6) is 0 Å². The molecule has 0 saturated carbocycles. The molecule has 0 spiro atoms. The Morgan fingerprint density at radius 1 is 1.31 bits per heavy atom. The van der Waals surface area contributed by atoms with Gasteiger partial charge in [0, 0.05) is 0 Å². The lowest BCUT2D eigenvalue weighted by molar-refractivity contribution is -0.209. The molecule has 0 bridgehead atoms. The number of halogens is 3. The van der Waals surface area contributed by atoms with Gasteiger partial charge in [0.25, 0.3) is 5.92 Å². The molecule has 1 rings (SSSR count). The first-order valence-electron chi connectivity index (χ1n) is 3.94. The van der Waals surface area contributed by atoms with E-state index in [0.717, 1.165) is 0 Å². The van der Waals surface area contributed by atoms with Crippen molar-refractivity contribution in [2.45, 2.75) is 24.4 Å². The van der Waals surface area contributed by atoms with Gasteiger partial charge in [-0.25, -0.2) is 8.78 Å². The average molecular weight is 218 g/mol. The van der Waals surface area contributed by atoms with Crippen molar-refractivity contribution in [1.82, 2.24) is 5.32 Å². The molecule has 1 heterocycles. The Bertz CT molecular complexity index is 163. The standard InChI is InChI=1S/C7H13F2NO2.ClH/c8-7(9,5-11)6(12)1-3-10-4-2-6;/h10-12H,1-5H2;1H. The first-order chi connectivity index (χ1) is 5.52. The molecule has 6 heteroatoms. The van der Waals surface area contributed by atoms with Crippen LogP contribution in [0.3, 0.4) is 0 Å². The number of hydrogen-bond donors (Lipinski definition) is 3. The van der Waals surface area contributed by atoms with Gasteiger partial charge in [-0.3, -0.25) is 0 Å². The van der Waals surface area contributed by atoms with Crippen molar-refractivity contribution in [3.8, 4) is 0 Å². The zero-order chi connectivity index (χ0) is 9.24. The van der Waals surface area contributed by atoms with Gasteiger partial charge in [-0.05, 0) is 25.9 Å². The fourth-order valence-electron chi connectivity index (χ4n) is 1.35. The number of hydrogen-bond acceptors (Lipinski definition) is 3. The van der Waals surface area contributed by atoms with Crippen LogP contribution in [0.4, 0.5) is 8.78 Å². The summed E-state index contributed by atoms with van der Waals surface area (Å²) in [5.74, 6) is -3.38. The van der Waals surface area contributed by atoms with Crippen LogP contribution in [-0.4, -0.2) is 41.4 Å². The van der Waals surface area contributed by atoms with Gasteiger partial charge in [-0.15, -0.1) is 12.4 Å². The number of aliphatic hydroxyl groups is 2. The predicted octanol–water partition coefficient (Wildman–Crippen LogP) is 0.150. The Balaban J connectivity index is 0.00000144. The molecule has 0 aliphatic carbocycles. The molecule has 0 unspecified atom stereocenters. The van der Waals surface area contributed by atoms with E-state index in [1.54, 1.807) is 0 Å². The zero-order valence-corrected chi connectivity index (χ0v) is 7.91. The highest BCUT2D eigenvalue weighted by Gasteiger charge is 2.52. The van der Waals surface area contributed by atoms with Gasteiger partial charge >= 0.3 is 0 Å². The lowest BCUT2D eigenvalue weighted by Crippen LogP contribution is -2.56. The van der Waals surface area contributed by atoms with Crippen LogP contribution in [0.2, 0.25) is 0 Å². The summed E-state index contributed by atoms with van der Waals surface area (Å²) in [4.78, 5) is 0. The highest BCUT2D eigenvalue weighted by molar-refractivity contribution is 5.85. The predicted molar refractivity (Wildman–Crippen MR) is 46.3 cm³/mol. The van der Waals surface area contributed by atoms with Crippen molar-refractivity contribution in [1.29, 1.82) is 0 Å². The summed E-state index contributed by atoms with van der Waals surface area (Å²) >= 11 is 0. The molecule has 1 aliphatic rings. The minimum atomic E-state index is -3.38. The number of rotatable bonds is 2. The SMILES string of the molecule is Cl.OCC(F)(F)C1(O)CCNCC1. The summed E-state index contributed by atoms with van der Waals surface area (Å²) in [6.45, 7) is -0.554. The van der Waals surface area contributed by atoms with Crippen LogP contribution in [0.15, 0.2) is 0 Å². The number of alkyl halides is 2. The van der Waals surface area contributed by atoms with E-state index in [-0.39, 0.29) is 25.2 Å². The van der Waals surface area contributed by atoms with Crippen LogP contribution in [-0.2, 0) is 0 Å². The number of piperidine rings is 1. The lowest BCUT2D eigenvalue weighted by atomic mass is 9.86. The molecule has 80 valence electrons. The van der Waals surface area contributed by atoms with E-state index in [0.29, 0.717) is 13.1 Å². The van der Waals surface area contributed by atoms with Gasteiger partial charge in [-0.1, -0.05) is 0 Å². The molecular formula is C7H14ClF2NO2. The minimum absolute atomic E-state index is 0. The van der Waals surface area contributed by atoms with Crippen molar-refractivity contribution in [2.24, 2.45) is 0 Å². The second-order valence-electron chi connectivity index (χ2n) is 3.14. The maximum absolute atomic E-state index is 12.9. The summed E-state index contributed by atoms with van der Waals surface area (Å²) in [6, 6.07) is 0. The van der Waals surface area contributed by atoms with Gasteiger partial charge in [0.05, 0.1) is 0 Å². The highest BCUT2D eigenvalue weighted by Crippen LogP contribution is 2.35. The van der Waals surface area contributed by atoms with Gasteiger partial charge in [0.1, 0.15) is 12.2 Å². The molecule has 1 aliphatic heterocycles. The molecule has 1 fully saturated rings. The highest BCUT2D eigenvalue weighted by atomic mass is 35.5. The van der Waals surface area contributed by atoms with E-state index in [9.17, 15) is 13.9 Å². The van der Waals surface area contributed by atoms with E-state index < -0.39 is 18.1 Å². The fraction of sp³-hybridized carbons (Fsp3) is 1.00. The largest absolute Gasteiger partial charge is 0.390 e. The summed E-state index contributed by atoms with van der Waals surface area (Å²) < 4.78 is 25.8. The third-order valence-corrected chi connectivity index (χ3v) is 2.31. The second kappa shape index (κ2) is 4.50. The van der Waals surface area contributed by atoms with E-state index >= 15 is 0 Å². The number of nitrogens with one attached hydrogen (secondary N) is 1. The quantitative estimate of drug-likeness (QED) is 0.617. The summed E-state index contributed by atoms with van der Waals surface area (Å²) in [7, 11) is 0. The summed E-state index contributed by atoms with van der Waals surface area (Å²) in [5.41, 5.74) is -2.02. The van der Waals surface area contributed by atoms with Crippen LogP contribution >= 0.6 is 12.4 Å². The molecule has 0 aromatic heterocycles. The van der Waals surface area contributed by atoms with Crippen LogP contribution in [0.25, 0.3) is 0 Å². The lowest BCUT2D eigenvalue weighted by Gasteiger charge is -2.37. The molecule has 0 aromatic rings. The van der Waals surface area contributed by atoms with E-state index in [1.165, 1.54) is 0 Å². The molecule has 3 N–H and O–H groups in total. The Hall–Kier alpha value is 0.0300. The van der Waals surface area contributed by atoms with Crippen molar-refractivity contribution >= 4 is 12.4 Å². The first kappa shape index (κ1) is 13.0. The normalized spacial score (nSPS) is 22.2. The Morgan fingerprint density at radius 2 is 1.77 bits per heavy atom. The summed E-state index contributed by atoms with van der Waals surface area (Å²) in [6.07, 6.45) is -0.0267. The van der Waals surface area contributed by atoms with Crippen LogP contribution in [0.1, 0.15) is 12.8 Å². The van der Waals surface area contributed by atoms with Crippen molar-refractivity contribution in [3.05, 3.63) is 0 Å². The molecule has 0 aromatic carbocycles. The minimum Gasteiger partial charge on any atom is -0.390 e. The molecule has 0 atom stereocenters. The maximum atomic E-state index is 12.9. The van der Waals surface area contributed by atoms with E-state index in [4.69, 9.17) is 5.11 Å². The summed E-state index contributed by atoms with van der Waals surface area (Å²) in [5, 5.41) is 20.7. The van der Waals surface area contributed by atoms with Crippen molar-refractivity contribution < 1.29 is 19.0 Å². The van der Waals surface area contributed by atoms with Crippen molar-refractivity contribution in [3.63, 3.8) is 0 Å². The maximum Gasteiger partial charge on any atom is 0.298 e. The Labute approximate surface area is 81.5 Å². The Kier molecular flexibility index (Phi) is 4.51. The first-order valence-corrected chi connectivity index (χ1v) is 3.94. The topological polar surface area (TPSA) is 52.5 Å². The van der Waals surface area contributed by atoms with Crippen LogP contribution < -0.4 is 5.32 Å². The van der Waals surface area contributed by atoms with Gasteiger partial charge in [0.15, 0.2) is 0 Å². The van der Waals surface area contributed by atoms with Gasteiger partial charge in [0.2, 0.25) is 0 Å². The zero-order valence-electron chi connectivity index (χ0n) is 7.09. The fourth-order valence-corrected chi connectivity index (χ4v) is 1.35. The Morgan fingerprint density at radius 3 is 2.15 bits per heavy atom. The van der Waals surface area contributed by atoms with E-state index in [1.807, 2.05) is 0 Å². The smallest absolute Gasteiger partial charge is 0.298 e. The molecule has 13 heavy (non-hydrogen) atoms. The average Bonchev–Trinajstić information content (AvgIpc) is 2.06. The molecule has 0 amide bonds. The van der Waals surface area contributed by atoms with Gasteiger partial charge < -0.3 is 15.5 Å². The third-order valence-electron chi connectivity index (χ3n) is 2.31. The third kappa shape index (κ3) is 2.49. The molecule has 0 radical (unpaired) electrons. The van der Waals surface area contributed by atoms with E-state index in [2.05, 4.69) is 5.32 Å². The molecular weight excluding hydrogens is 204 g/mol. The molecule has 3 nitrogen and oxygen atoms in total. The van der Waals surface area contributed by atoms with Crippen LogP contribution in [0, 0.1) is 0 Å². The second-order valence-corrected chi connectivity index (χ2v) is 3.14. The molecule has 1 saturated heterocycles.